The van der Waals surface area contributed by atoms with Crippen molar-refractivity contribution >= 4 is 11.8 Å². The van der Waals surface area contributed by atoms with Crippen molar-refractivity contribution in [2.24, 2.45) is 11.7 Å². The molecule has 0 saturated heterocycles. The number of nitrogens with two attached hydrogens (primary N) is 1. The molecule has 1 atom stereocenters. The van der Waals surface area contributed by atoms with Gasteiger partial charge in [-0.05, 0) is 18.9 Å². The lowest BCUT2D eigenvalue weighted by Crippen LogP contribution is -2.56. The van der Waals surface area contributed by atoms with Gasteiger partial charge in [0.1, 0.15) is 10.7 Å². The summed E-state index contributed by atoms with van der Waals surface area (Å²) in [6, 6.07) is 2.76. The van der Waals surface area contributed by atoms with Crippen molar-refractivity contribution in [2.75, 3.05) is 0 Å². The molecule has 1 heterocycles. The zero-order valence-corrected chi connectivity index (χ0v) is 10.6. The number of nitrogens with zero attached hydrogens (tertiary/aromatic N) is 1. The largest absolute Gasteiger partial charge is 0.433 e. The molecule has 1 rings (SSSR count). The molecule has 3 N–H and O–H groups in total. The lowest BCUT2D eigenvalue weighted by atomic mass is 9.87. The van der Waals surface area contributed by atoms with Gasteiger partial charge in [-0.2, -0.15) is 0 Å². The molecule has 1 amide bonds. The van der Waals surface area contributed by atoms with Crippen LogP contribution in [-0.2, 0) is 11.3 Å². The molecular formula is C11H17N3O4. The highest BCUT2D eigenvalue weighted by molar-refractivity contribution is 5.84. The van der Waals surface area contributed by atoms with Gasteiger partial charge in [0.25, 0.3) is 0 Å². The van der Waals surface area contributed by atoms with E-state index in [4.69, 9.17) is 10.2 Å². The second-order valence-electron chi connectivity index (χ2n) is 4.57. The molecule has 1 aromatic heterocycles. The first kappa shape index (κ1) is 14.2. The highest BCUT2D eigenvalue weighted by Gasteiger charge is 2.34. The molecule has 0 aliphatic rings. The third-order valence-electron chi connectivity index (χ3n) is 3.12. The molecule has 7 heteroatoms. The van der Waals surface area contributed by atoms with Crippen LogP contribution in [0.3, 0.4) is 0 Å². The predicted octanol–water partition coefficient (Wildman–Crippen LogP) is 1.18. The van der Waals surface area contributed by atoms with Crippen LogP contribution in [0.1, 0.15) is 26.5 Å². The quantitative estimate of drug-likeness (QED) is 0.585. The number of nitro groups is 1. The van der Waals surface area contributed by atoms with Crippen LogP contribution in [-0.4, -0.2) is 16.4 Å². The van der Waals surface area contributed by atoms with Crippen molar-refractivity contribution < 1.29 is 14.1 Å². The Morgan fingerprint density at radius 3 is 2.61 bits per heavy atom. The lowest BCUT2D eigenvalue weighted by molar-refractivity contribution is -0.402. The van der Waals surface area contributed by atoms with Crippen molar-refractivity contribution in [1.82, 2.24) is 5.32 Å². The lowest BCUT2D eigenvalue weighted by Gasteiger charge is -2.31. The molecule has 0 aliphatic heterocycles. The fraction of sp³-hybridized carbons (Fsp3) is 0.545. The number of carbonyl (C=O) groups excluding carboxylic acids is 1. The SMILES string of the molecule is CC(C)C(C)(NCc1ccc([N+](=O)[O-])o1)C(N)=O. The summed E-state index contributed by atoms with van der Waals surface area (Å²) >= 11 is 0. The van der Waals surface area contributed by atoms with Gasteiger partial charge in [-0.3, -0.25) is 20.2 Å². The summed E-state index contributed by atoms with van der Waals surface area (Å²) in [4.78, 5) is 21.3. The maximum atomic E-state index is 11.4. The van der Waals surface area contributed by atoms with E-state index in [0.717, 1.165) is 0 Å². The number of nitrogens with one attached hydrogen (secondary N) is 1. The number of primary amides is 1. The molecule has 100 valence electrons. The zero-order chi connectivity index (χ0) is 13.9. The van der Waals surface area contributed by atoms with E-state index in [9.17, 15) is 14.9 Å². The topological polar surface area (TPSA) is 111 Å². The summed E-state index contributed by atoms with van der Waals surface area (Å²) in [7, 11) is 0. The third-order valence-corrected chi connectivity index (χ3v) is 3.12. The second-order valence-corrected chi connectivity index (χ2v) is 4.57. The van der Waals surface area contributed by atoms with E-state index in [1.165, 1.54) is 12.1 Å². The number of carbonyl (C=O) groups is 1. The molecule has 0 aromatic carbocycles. The highest BCUT2D eigenvalue weighted by atomic mass is 16.6. The number of furan rings is 1. The summed E-state index contributed by atoms with van der Waals surface area (Å²) in [6.07, 6.45) is 0. The Bertz CT molecular complexity index is 455. The van der Waals surface area contributed by atoms with Crippen molar-refractivity contribution in [2.45, 2.75) is 32.9 Å². The fourth-order valence-electron chi connectivity index (χ4n) is 1.41. The van der Waals surface area contributed by atoms with Crippen LogP contribution in [0.25, 0.3) is 0 Å². The molecule has 1 unspecified atom stereocenters. The predicted molar refractivity (Wildman–Crippen MR) is 64.6 cm³/mol. The van der Waals surface area contributed by atoms with Crippen LogP contribution in [0.4, 0.5) is 5.88 Å². The number of hydrogen-bond donors (Lipinski definition) is 2. The Balaban J connectivity index is 2.73. The summed E-state index contributed by atoms with van der Waals surface area (Å²) in [5.74, 6) is -0.426. The molecular weight excluding hydrogens is 238 g/mol. The summed E-state index contributed by atoms with van der Waals surface area (Å²) < 4.78 is 4.99. The van der Waals surface area contributed by atoms with E-state index in [0.29, 0.717) is 5.76 Å². The number of rotatable bonds is 6. The van der Waals surface area contributed by atoms with Gasteiger partial charge in [0.2, 0.25) is 5.91 Å². The summed E-state index contributed by atoms with van der Waals surface area (Å²) in [5.41, 5.74) is 4.46. The van der Waals surface area contributed by atoms with Crippen molar-refractivity contribution in [3.05, 3.63) is 28.0 Å². The molecule has 0 bridgehead atoms. The average Bonchev–Trinajstić information content (AvgIpc) is 2.73. The smallest absolute Gasteiger partial charge is 0.404 e. The molecule has 0 saturated carbocycles. The van der Waals surface area contributed by atoms with E-state index in [2.05, 4.69) is 5.32 Å². The van der Waals surface area contributed by atoms with Gasteiger partial charge < -0.3 is 10.2 Å². The first-order valence-corrected chi connectivity index (χ1v) is 5.55. The van der Waals surface area contributed by atoms with Crippen LogP contribution in [0.5, 0.6) is 0 Å². The van der Waals surface area contributed by atoms with Crippen LogP contribution in [0, 0.1) is 16.0 Å². The monoisotopic (exact) mass is 255 g/mol. The Labute approximate surface area is 104 Å². The fourth-order valence-corrected chi connectivity index (χ4v) is 1.41. The summed E-state index contributed by atoms with van der Waals surface area (Å²) in [6.45, 7) is 5.62. The van der Waals surface area contributed by atoms with Crippen molar-refractivity contribution in [1.29, 1.82) is 0 Å². The number of amides is 1. The van der Waals surface area contributed by atoms with Gasteiger partial charge >= 0.3 is 5.88 Å². The maximum absolute atomic E-state index is 11.4. The van der Waals surface area contributed by atoms with Crippen LogP contribution in [0.15, 0.2) is 16.5 Å². The minimum atomic E-state index is -0.887. The minimum Gasteiger partial charge on any atom is -0.404 e. The third kappa shape index (κ3) is 2.86. The Morgan fingerprint density at radius 2 is 2.22 bits per heavy atom. The molecule has 7 nitrogen and oxygen atoms in total. The van der Waals surface area contributed by atoms with E-state index < -0.39 is 16.4 Å². The van der Waals surface area contributed by atoms with Crippen LogP contribution >= 0.6 is 0 Å². The maximum Gasteiger partial charge on any atom is 0.433 e. The average molecular weight is 255 g/mol. The minimum absolute atomic E-state index is 0.0139. The normalized spacial score (nSPS) is 14.4. The van der Waals surface area contributed by atoms with E-state index in [1.807, 2.05) is 13.8 Å². The first-order chi connectivity index (χ1) is 8.27. The van der Waals surface area contributed by atoms with Gasteiger partial charge in [0.15, 0.2) is 0 Å². The van der Waals surface area contributed by atoms with E-state index in [1.54, 1.807) is 6.92 Å². The van der Waals surface area contributed by atoms with Crippen molar-refractivity contribution in [3.8, 4) is 0 Å². The van der Waals surface area contributed by atoms with Gasteiger partial charge in [-0.1, -0.05) is 13.8 Å². The Morgan fingerprint density at radius 1 is 1.61 bits per heavy atom. The second kappa shape index (κ2) is 5.18. The molecule has 1 aromatic rings. The van der Waals surface area contributed by atoms with Crippen LogP contribution in [0.2, 0.25) is 0 Å². The van der Waals surface area contributed by atoms with Gasteiger partial charge in [-0.15, -0.1) is 0 Å². The van der Waals surface area contributed by atoms with E-state index >= 15 is 0 Å². The zero-order valence-electron chi connectivity index (χ0n) is 10.6. The first-order valence-electron chi connectivity index (χ1n) is 5.55. The van der Waals surface area contributed by atoms with E-state index in [-0.39, 0.29) is 18.3 Å². The number of hydrogen-bond acceptors (Lipinski definition) is 5. The van der Waals surface area contributed by atoms with Gasteiger partial charge in [0, 0.05) is 0 Å². The highest BCUT2D eigenvalue weighted by Crippen LogP contribution is 2.19. The van der Waals surface area contributed by atoms with Gasteiger partial charge in [-0.25, -0.2) is 0 Å². The van der Waals surface area contributed by atoms with Gasteiger partial charge in [0.05, 0.1) is 18.2 Å². The molecule has 0 radical (unpaired) electrons. The molecule has 18 heavy (non-hydrogen) atoms. The Hall–Kier alpha value is -1.89. The molecule has 0 aliphatic carbocycles. The van der Waals surface area contributed by atoms with Crippen molar-refractivity contribution in [3.63, 3.8) is 0 Å². The Kier molecular flexibility index (Phi) is 4.07. The molecule has 0 fully saturated rings. The standard InChI is InChI=1S/C11H17N3O4/c1-7(2)11(3,10(12)15)13-6-8-4-5-9(18-8)14(16)17/h4-5,7,13H,6H2,1-3H3,(H2,12,15). The molecule has 0 spiro atoms. The van der Waals surface area contributed by atoms with Crippen LogP contribution < -0.4 is 11.1 Å². The summed E-state index contributed by atoms with van der Waals surface area (Å²) in [5, 5.41) is 13.4.